The summed E-state index contributed by atoms with van der Waals surface area (Å²) in [6.45, 7) is 3.65. The molecule has 2 aliphatic rings. The lowest BCUT2D eigenvalue weighted by Crippen LogP contribution is -2.42. The maximum atomic E-state index is 13.8. The van der Waals surface area contributed by atoms with Gasteiger partial charge in [-0.1, -0.05) is 43.3 Å². The van der Waals surface area contributed by atoms with Gasteiger partial charge in [-0.05, 0) is 138 Å². The van der Waals surface area contributed by atoms with Crippen LogP contribution >= 0.6 is 0 Å². The summed E-state index contributed by atoms with van der Waals surface area (Å²) in [6, 6.07) is 35.9. The lowest BCUT2D eigenvalue weighted by atomic mass is 9.91. The molecule has 6 aromatic carbocycles. The van der Waals surface area contributed by atoms with Gasteiger partial charge in [0.05, 0.1) is 40.5 Å². The number of ether oxygens (including phenoxy) is 6. The van der Waals surface area contributed by atoms with E-state index in [0.29, 0.717) is 60.4 Å². The molecule has 0 bridgehead atoms. The molecule has 6 aromatic rings. The lowest BCUT2D eigenvalue weighted by Gasteiger charge is -2.37. The molecule has 0 N–H and O–H groups in total. The molecule has 8 rings (SSSR count). The fourth-order valence-corrected chi connectivity index (χ4v) is 8.14. The molecule has 2 aliphatic heterocycles. The second-order valence-corrected chi connectivity index (χ2v) is 15.3. The summed E-state index contributed by atoms with van der Waals surface area (Å²) in [5.41, 5.74) is 6.25. The molecule has 332 valence electrons. The van der Waals surface area contributed by atoms with Crippen LogP contribution in [0.15, 0.2) is 127 Å². The van der Waals surface area contributed by atoms with Gasteiger partial charge in [-0.3, -0.25) is 9.59 Å². The van der Waals surface area contributed by atoms with Gasteiger partial charge in [0.15, 0.2) is 23.0 Å². The minimum atomic E-state index is -0.473. The molecule has 0 saturated carbocycles. The van der Waals surface area contributed by atoms with Crippen LogP contribution in [0.2, 0.25) is 0 Å². The van der Waals surface area contributed by atoms with Gasteiger partial charge in [-0.15, -0.1) is 0 Å². The van der Waals surface area contributed by atoms with Crippen molar-refractivity contribution in [3.63, 3.8) is 0 Å². The number of fused-ring (bicyclic) bond motifs is 2. The van der Waals surface area contributed by atoms with Gasteiger partial charge in [-0.25, -0.2) is 8.78 Å². The SMILES string of the molecule is CCc1ccc(OCC2c3cc(OC)c(OC)cc3CCN2C(=O)c2ccccc2)cc1.COc1cc2c(cc1OC)C(COc1ccc(F)cc1)N(C(=O)c1cccc(F)c1)CC2. The largest absolute Gasteiger partial charge is 0.493 e. The Morgan fingerprint density at radius 2 is 0.984 bits per heavy atom. The molecule has 64 heavy (non-hydrogen) atoms. The number of amides is 2. The van der Waals surface area contributed by atoms with Crippen molar-refractivity contribution in [2.24, 2.45) is 0 Å². The summed E-state index contributed by atoms with van der Waals surface area (Å²) in [6.07, 6.45) is 2.33. The van der Waals surface area contributed by atoms with Gasteiger partial charge in [0, 0.05) is 24.2 Å². The van der Waals surface area contributed by atoms with Crippen LogP contribution in [0, 0.1) is 11.6 Å². The van der Waals surface area contributed by atoms with Crippen molar-refractivity contribution in [3.05, 3.63) is 178 Å². The Kier molecular flexibility index (Phi) is 14.7. The van der Waals surface area contributed by atoms with Gasteiger partial charge in [0.1, 0.15) is 36.3 Å². The van der Waals surface area contributed by atoms with Crippen molar-refractivity contribution in [1.29, 1.82) is 0 Å². The average molecular weight is 871 g/mol. The normalized spacial score (nSPS) is 15.1. The monoisotopic (exact) mass is 870 g/mol. The first kappa shape index (κ1) is 45.0. The Morgan fingerprint density at radius 1 is 0.531 bits per heavy atom. The molecule has 10 nitrogen and oxygen atoms in total. The third-order valence-corrected chi connectivity index (χ3v) is 11.6. The summed E-state index contributed by atoms with van der Waals surface area (Å²) in [5.74, 6) is 2.64. The summed E-state index contributed by atoms with van der Waals surface area (Å²) >= 11 is 0. The highest BCUT2D eigenvalue weighted by molar-refractivity contribution is 5.95. The van der Waals surface area contributed by atoms with Crippen LogP contribution in [-0.2, 0) is 19.3 Å². The van der Waals surface area contributed by atoms with Crippen molar-refractivity contribution >= 4 is 11.8 Å². The number of nitrogens with zero attached hydrogens (tertiary/aromatic N) is 2. The fraction of sp³-hybridized carbons (Fsp3) is 0.269. The average Bonchev–Trinajstić information content (AvgIpc) is 3.34. The van der Waals surface area contributed by atoms with Gasteiger partial charge in [0.25, 0.3) is 11.8 Å². The highest BCUT2D eigenvalue weighted by Crippen LogP contribution is 2.41. The second-order valence-electron chi connectivity index (χ2n) is 15.3. The molecule has 0 aromatic heterocycles. The number of benzene rings is 6. The third-order valence-electron chi connectivity index (χ3n) is 11.6. The smallest absolute Gasteiger partial charge is 0.254 e. The maximum Gasteiger partial charge on any atom is 0.254 e. The van der Waals surface area contributed by atoms with Crippen molar-refractivity contribution in [1.82, 2.24) is 9.80 Å². The summed E-state index contributed by atoms with van der Waals surface area (Å²) < 4.78 is 61.0. The van der Waals surface area contributed by atoms with E-state index in [0.717, 1.165) is 40.8 Å². The zero-order valence-corrected chi connectivity index (χ0v) is 36.6. The van der Waals surface area contributed by atoms with Crippen molar-refractivity contribution in [2.75, 3.05) is 54.7 Å². The Balaban J connectivity index is 0.000000191. The number of halogens is 2. The minimum Gasteiger partial charge on any atom is -0.493 e. The van der Waals surface area contributed by atoms with Crippen LogP contribution in [0.3, 0.4) is 0 Å². The molecule has 0 radical (unpaired) electrons. The number of carbonyl (C=O) groups is 2. The third kappa shape index (κ3) is 10.2. The van der Waals surface area contributed by atoms with Crippen molar-refractivity contribution in [3.8, 4) is 34.5 Å². The maximum absolute atomic E-state index is 13.8. The van der Waals surface area contributed by atoms with E-state index in [-0.39, 0.29) is 35.8 Å². The zero-order valence-electron chi connectivity index (χ0n) is 36.6. The number of hydrogen-bond donors (Lipinski definition) is 0. The zero-order chi connectivity index (χ0) is 45.2. The number of methoxy groups -OCH3 is 4. The van der Waals surface area contributed by atoms with Crippen LogP contribution in [0.1, 0.15) is 67.5 Å². The molecule has 0 fully saturated rings. The van der Waals surface area contributed by atoms with E-state index in [1.807, 2.05) is 71.6 Å². The molecule has 2 amide bonds. The van der Waals surface area contributed by atoms with Gasteiger partial charge in [0.2, 0.25) is 0 Å². The topological polar surface area (TPSA) is 96.0 Å². The van der Waals surface area contributed by atoms with Crippen LogP contribution in [-0.4, -0.2) is 76.4 Å². The predicted octanol–water partition coefficient (Wildman–Crippen LogP) is 9.89. The van der Waals surface area contributed by atoms with E-state index >= 15 is 0 Å². The summed E-state index contributed by atoms with van der Waals surface area (Å²) in [7, 11) is 6.38. The molecule has 2 unspecified atom stereocenters. The molecular formula is C52H52F2N2O8. The van der Waals surface area contributed by atoms with E-state index in [9.17, 15) is 18.4 Å². The first-order chi connectivity index (χ1) is 31.1. The van der Waals surface area contributed by atoms with Crippen LogP contribution in [0.25, 0.3) is 0 Å². The van der Waals surface area contributed by atoms with E-state index in [1.165, 1.54) is 48.0 Å². The van der Waals surface area contributed by atoms with E-state index in [4.69, 9.17) is 28.4 Å². The molecular weight excluding hydrogens is 819 g/mol. The van der Waals surface area contributed by atoms with Crippen LogP contribution < -0.4 is 28.4 Å². The van der Waals surface area contributed by atoms with Crippen LogP contribution in [0.4, 0.5) is 8.78 Å². The summed E-state index contributed by atoms with van der Waals surface area (Å²) in [5, 5.41) is 0. The predicted molar refractivity (Wildman–Crippen MR) is 240 cm³/mol. The van der Waals surface area contributed by atoms with E-state index in [1.54, 1.807) is 39.4 Å². The van der Waals surface area contributed by atoms with Crippen LogP contribution in [0.5, 0.6) is 34.5 Å². The molecule has 0 saturated heterocycles. The molecule has 12 heteroatoms. The standard InChI is InChI=1S/C27H29NO4.C25H23F2NO4/c1-4-19-10-12-22(13-11-19)32-18-24-23-17-26(31-3)25(30-2)16-21(23)14-15-28(24)27(29)20-8-6-5-7-9-20;1-30-23-13-16-10-11-28(25(29)17-4-3-5-19(27)12-17)22(21(16)14-24(23)31-2)15-32-20-8-6-18(26)7-9-20/h5-13,16-17,24H,4,14-15,18H2,1-3H3;3-9,12-14,22H,10-11,15H2,1-2H3. The minimum absolute atomic E-state index is 0.000894. The fourth-order valence-electron chi connectivity index (χ4n) is 8.14. The van der Waals surface area contributed by atoms with Crippen molar-refractivity contribution < 1.29 is 46.8 Å². The molecule has 0 spiro atoms. The van der Waals surface area contributed by atoms with Gasteiger partial charge < -0.3 is 38.2 Å². The highest BCUT2D eigenvalue weighted by Gasteiger charge is 2.35. The van der Waals surface area contributed by atoms with Gasteiger partial charge in [-0.2, -0.15) is 0 Å². The lowest BCUT2D eigenvalue weighted by molar-refractivity contribution is 0.0583. The number of rotatable bonds is 13. The second kappa shape index (κ2) is 20.9. The quantitative estimate of drug-likeness (QED) is 0.113. The first-order valence-corrected chi connectivity index (χ1v) is 21.2. The number of carbonyl (C=O) groups excluding carboxylic acids is 2. The van der Waals surface area contributed by atoms with Gasteiger partial charge >= 0.3 is 0 Å². The highest BCUT2D eigenvalue weighted by atomic mass is 19.1. The Bertz CT molecular complexity index is 2540. The molecule has 2 heterocycles. The van der Waals surface area contributed by atoms with E-state index < -0.39 is 11.9 Å². The number of hydrogen-bond acceptors (Lipinski definition) is 8. The van der Waals surface area contributed by atoms with E-state index in [2.05, 4.69) is 19.1 Å². The van der Waals surface area contributed by atoms with Crippen molar-refractivity contribution in [2.45, 2.75) is 38.3 Å². The molecule has 2 atom stereocenters. The summed E-state index contributed by atoms with van der Waals surface area (Å²) in [4.78, 5) is 30.3. The Labute approximate surface area is 372 Å². The Hall–Kier alpha value is -7.08. The number of aryl methyl sites for hydroxylation is 1. The Morgan fingerprint density at radius 3 is 1.45 bits per heavy atom. The molecule has 0 aliphatic carbocycles. The first-order valence-electron chi connectivity index (χ1n) is 21.2.